The standard InChI is InChI=1S/C34H43N7O5S/c1-20-18-40(33(44)31-22(3)39-46-23(31)4)11-12-41(20)27-14-25(15-27)32(43)38-34-35-10-6-7-24(13-21(2)47-34)26-16-36-30(37-17-26)19-45-29-9-5-8-28(29)42/h6-7,13,16-17,20,25,27-29,42H,2,5,8-12,14-15,18-19H2,1,3-4H3,(H,35,38,43)/b7-6-,24-13+/t20-,25-,27+,28-,29-/m0/s1. The van der Waals surface area contributed by atoms with Crippen LogP contribution in [0.25, 0.3) is 5.57 Å². The molecule has 3 atom stereocenters. The number of rotatable bonds is 7. The van der Waals surface area contributed by atoms with E-state index in [-0.39, 0.29) is 36.5 Å². The SMILES string of the molecule is C=C1/C=C(c2cnc(CO[C@H]3CCC[C@@H]3O)nc2)\C=C/C/N=C(/NC(=O)[C@H]2C[C@@H](N3CCN(C(=O)c4c(C)noc4C)C[C@@H]3C)C2)S1. The van der Waals surface area contributed by atoms with E-state index in [1.165, 1.54) is 11.8 Å². The second-order valence-electron chi connectivity index (χ2n) is 12.8. The lowest BCUT2D eigenvalue weighted by Crippen LogP contribution is -2.60. The Hall–Kier alpha value is -3.65. The summed E-state index contributed by atoms with van der Waals surface area (Å²) in [6.45, 7) is 12.6. The van der Waals surface area contributed by atoms with Crippen molar-refractivity contribution in [1.29, 1.82) is 0 Å². The van der Waals surface area contributed by atoms with Gasteiger partial charge in [0.1, 0.15) is 17.9 Å². The van der Waals surface area contributed by atoms with E-state index in [0.717, 1.165) is 54.7 Å². The molecule has 0 unspecified atom stereocenters. The number of amides is 2. The molecule has 2 aliphatic heterocycles. The molecule has 4 aliphatic rings. The Morgan fingerprint density at radius 3 is 2.66 bits per heavy atom. The summed E-state index contributed by atoms with van der Waals surface area (Å²) >= 11 is 1.33. The predicted molar refractivity (Wildman–Crippen MR) is 179 cm³/mol. The van der Waals surface area contributed by atoms with Gasteiger partial charge in [0.2, 0.25) is 5.91 Å². The number of piperazine rings is 1. The van der Waals surface area contributed by atoms with Crippen molar-refractivity contribution in [3.05, 3.63) is 70.5 Å². The summed E-state index contributed by atoms with van der Waals surface area (Å²) in [6.07, 6.45) is 13.0. The lowest BCUT2D eigenvalue weighted by atomic mass is 9.78. The van der Waals surface area contributed by atoms with Crippen LogP contribution in [0.5, 0.6) is 0 Å². The highest BCUT2D eigenvalue weighted by molar-refractivity contribution is 8.17. The fourth-order valence-corrected chi connectivity index (χ4v) is 7.48. The number of carbonyl (C=O) groups is 2. The molecule has 2 amide bonds. The number of hydrogen-bond acceptors (Lipinski definition) is 11. The number of ether oxygens (including phenoxy) is 1. The maximum atomic E-state index is 13.2. The largest absolute Gasteiger partial charge is 0.390 e. The molecule has 1 saturated heterocycles. The molecule has 0 spiro atoms. The van der Waals surface area contributed by atoms with Crippen molar-refractivity contribution in [3.8, 4) is 0 Å². The number of aromatic nitrogens is 3. The third-order valence-corrected chi connectivity index (χ3v) is 10.3. The Bertz CT molecular complexity index is 1560. The number of thioether (sulfide) groups is 1. The minimum absolute atomic E-state index is 0.0241. The lowest BCUT2D eigenvalue weighted by Gasteiger charge is -2.49. The fraction of sp³-hybridized carbons (Fsp3) is 0.529. The van der Waals surface area contributed by atoms with E-state index in [1.54, 1.807) is 26.2 Å². The van der Waals surface area contributed by atoms with Gasteiger partial charge in [0, 0.05) is 60.5 Å². The molecule has 2 aromatic heterocycles. The fourth-order valence-electron chi connectivity index (χ4n) is 6.75. The zero-order valence-electron chi connectivity index (χ0n) is 27.2. The molecule has 6 rings (SSSR count). The van der Waals surface area contributed by atoms with Gasteiger partial charge >= 0.3 is 0 Å². The average Bonchev–Trinajstić information content (AvgIpc) is 3.61. The number of aliphatic hydroxyl groups is 1. The molecule has 0 radical (unpaired) electrons. The van der Waals surface area contributed by atoms with E-state index in [1.807, 2.05) is 23.1 Å². The Morgan fingerprint density at radius 2 is 1.98 bits per heavy atom. The molecule has 12 nitrogen and oxygen atoms in total. The highest BCUT2D eigenvalue weighted by Gasteiger charge is 2.42. The third-order valence-electron chi connectivity index (χ3n) is 9.46. The predicted octanol–water partition coefficient (Wildman–Crippen LogP) is 3.81. The van der Waals surface area contributed by atoms with E-state index in [9.17, 15) is 14.7 Å². The first-order valence-corrected chi connectivity index (χ1v) is 17.2. The molecule has 2 saturated carbocycles. The normalized spacial score (nSPS) is 29.8. The molecule has 0 aromatic carbocycles. The van der Waals surface area contributed by atoms with Gasteiger partial charge in [-0.3, -0.25) is 19.5 Å². The number of allylic oxidation sites excluding steroid dienone is 3. The van der Waals surface area contributed by atoms with Gasteiger partial charge in [-0.25, -0.2) is 9.97 Å². The van der Waals surface area contributed by atoms with Crippen LogP contribution in [0.15, 0.2) is 51.6 Å². The first kappa shape index (κ1) is 33.3. The van der Waals surface area contributed by atoms with Crippen LogP contribution < -0.4 is 5.32 Å². The number of carbonyl (C=O) groups excluding carboxylic acids is 2. The lowest BCUT2D eigenvalue weighted by molar-refractivity contribution is -0.129. The number of aryl methyl sites for hydroxylation is 2. The number of aliphatic imine (C=N–C) groups is 1. The van der Waals surface area contributed by atoms with Crippen LogP contribution >= 0.6 is 11.8 Å². The molecular weight excluding hydrogens is 618 g/mol. The number of nitrogens with zero attached hydrogens (tertiary/aromatic N) is 6. The van der Waals surface area contributed by atoms with Crippen molar-refractivity contribution in [3.63, 3.8) is 0 Å². The van der Waals surface area contributed by atoms with Crippen molar-refractivity contribution < 1.29 is 24.0 Å². The summed E-state index contributed by atoms with van der Waals surface area (Å²) in [6, 6.07) is 0.499. The van der Waals surface area contributed by atoms with Crippen LogP contribution in [0.3, 0.4) is 0 Å². The number of amidine groups is 1. The monoisotopic (exact) mass is 661 g/mol. The summed E-state index contributed by atoms with van der Waals surface area (Å²) in [4.78, 5) is 44.9. The van der Waals surface area contributed by atoms with Crippen molar-refractivity contribution in [2.24, 2.45) is 10.9 Å². The minimum atomic E-state index is -0.412. The molecule has 13 heteroatoms. The van der Waals surface area contributed by atoms with Crippen molar-refractivity contribution in [2.75, 3.05) is 26.2 Å². The molecule has 250 valence electrons. The van der Waals surface area contributed by atoms with E-state index in [2.05, 4.69) is 43.8 Å². The van der Waals surface area contributed by atoms with Crippen molar-refractivity contribution >= 4 is 34.3 Å². The van der Waals surface area contributed by atoms with Crippen LogP contribution in [0.2, 0.25) is 0 Å². The Kier molecular flexibility index (Phi) is 10.4. The van der Waals surface area contributed by atoms with E-state index >= 15 is 0 Å². The molecular formula is C34H43N7O5S. The topological polar surface area (TPSA) is 146 Å². The van der Waals surface area contributed by atoms with Gasteiger partial charge in [-0.2, -0.15) is 0 Å². The second-order valence-corrected chi connectivity index (χ2v) is 13.9. The molecule has 2 aromatic rings. The van der Waals surface area contributed by atoms with E-state index in [0.29, 0.717) is 53.7 Å². The zero-order valence-corrected chi connectivity index (χ0v) is 28.0. The van der Waals surface area contributed by atoms with Gasteiger partial charge in [0.25, 0.3) is 5.91 Å². The Labute approximate surface area is 279 Å². The quantitative estimate of drug-likeness (QED) is 0.449. The number of nitrogens with one attached hydrogen (secondary N) is 1. The zero-order chi connectivity index (χ0) is 33.1. The highest BCUT2D eigenvalue weighted by Crippen LogP contribution is 2.35. The summed E-state index contributed by atoms with van der Waals surface area (Å²) in [5, 5.41) is 17.5. The smallest absolute Gasteiger partial charge is 0.259 e. The van der Waals surface area contributed by atoms with Gasteiger partial charge < -0.3 is 24.6 Å². The van der Waals surface area contributed by atoms with Gasteiger partial charge in [0.15, 0.2) is 11.0 Å². The summed E-state index contributed by atoms with van der Waals surface area (Å²) in [5.74, 6) is 0.983. The first-order chi connectivity index (χ1) is 22.7. The average molecular weight is 662 g/mol. The Balaban J connectivity index is 0.969. The summed E-state index contributed by atoms with van der Waals surface area (Å²) in [7, 11) is 0. The molecule has 3 fully saturated rings. The summed E-state index contributed by atoms with van der Waals surface area (Å²) < 4.78 is 11.0. The van der Waals surface area contributed by atoms with Crippen LogP contribution in [-0.2, 0) is 16.1 Å². The van der Waals surface area contributed by atoms with E-state index < -0.39 is 6.10 Å². The van der Waals surface area contributed by atoms with Crippen LogP contribution in [0.4, 0.5) is 0 Å². The minimum Gasteiger partial charge on any atom is -0.390 e. The molecule has 4 heterocycles. The third kappa shape index (κ3) is 7.75. The molecule has 2 aliphatic carbocycles. The molecule has 47 heavy (non-hydrogen) atoms. The molecule has 2 N–H and O–H groups in total. The number of aliphatic hydroxyl groups excluding tert-OH is 1. The maximum absolute atomic E-state index is 13.2. The first-order valence-electron chi connectivity index (χ1n) is 16.4. The van der Waals surface area contributed by atoms with Crippen LogP contribution in [0.1, 0.15) is 72.2 Å². The van der Waals surface area contributed by atoms with Crippen LogP contribution in [-0.4, -0.2) is 97.5 Å². The number of hydrogen-bond donors (Lipinski definition) is 2. The highest BCUT2D eigenvalue weighted by atomic mass is 32.2. The van der Waals surface area contributed by atoms with Crippen LogP contribution in [0, 0.1) is 19.8 Å². The van der Waals surface area contributed by atoms with Gasteiger partial charge in [-0.15, -0.1) is 0 Å². The van der Waals surface area contributed by atoms with Crippen molar-refractivity contribution in [1.82, 2.24) is 30.2 Å². The van der Waals surface area contributed by atoms with E-state index in [4.69, 9.17) is 9.26 Å². The van der Waals surface area contributed by atoms with Gasteiger partial charge in [0.05, 0.1) is 24.4 Å². The molecule has 0 bridgehead atoms. The Morgan fingerprint density at radius 1 is 1.19 bits per heavy atom. The summed E-state index contributed by atoms with van der Waals surface area (Å²) in [5.41, 5.74) is 2.92. The van der Waals surface area contributed by atoms with Gasteiger partial charge in [-0.05, 0) is 64.5 Å². The van der Waals surface area contributed by atoms with Gasteiger partial charge in [-0.1, -0.05) is 35.6 Å². The second kappa shape index (κ2) is 14.6. The van der Waals surface area contributed by atoms with Crippen molar-refractivity contribution in [2.45, 2.75) is 83.8 Å². The maximum Gasteiger partial charge on any atom is 0.259 e.